The molecule has 0 bridgehead atoms. The van der Waals surface area contributed by atoms with Crippen molar-refractivity contribution in [2.75, 3.05) is 5.32 Å². The standard InChI is InChI=1S/C22H19N3O/c26-22(13-11-17-10-12-18-6-4-5-7-19(18)16-17)23-21-14-15-25(24-21)20-8-2-1-3-9-20/h1-10,12,14-16H,11,13H2,(H,23,24,26). The third-order valence-electron chi connectivity index (χ3n) is 4.33. The van der Waals surface area contributed by atoms with E-state index in [2.05, 4.69) is 40.7 Å². The predicted molar refractivity (Wildman–Crippen MR) is 104 cm³/mol. The van der Waals surface area contributed by atoms with Crippen LogP contribution in [-0.2, 0) is 11.2 Å². The van der Waals surface area contributed by atoms with Crippen molar-refractivity contribution in [1.82, 2.24) is 9.78 Å². The first-order valence-corrected chi connectivity index (χ1v) is 8.66. The minimum atomic E-state index is -0.0310. The summed E-state index contributed by atoms with van der Waals surface area (Å²) in [5.41, 5.74) is 2.12. The van der Waals surface area contributed by atoms with Gasteiger partial charge in [0, 0.05) is 18.7 Å². The van der Waals surface area contributed by atoms with E-state index < -0.39 is 0 Å². The van der Waals surface area contributed by atoms with Crippen LogP contribution in [0.15, 0.2) is 85.1 Å². The lowest BCUT2D eigenvalue weighted by Gasteiger charge is -2.05. The van der Waals surface area contributed by atoms with Crippen LogP contribution in [0.3, 0.4) is 0 Å². The van der Waals surface area contributed by atoms with E-state index in [9.17, 15) is 4.79 Å². The van der Waals surface area contributed by atoms with Gasteiger partial charge in [-0.2, -0.15) is 5.10 Å². The second kappa shape index (κ2) is 7.23. The Balaban J connectivity index is 1.37. The van der Waals surface area contributed by atoms with E-state index in [-0.39, 0.29) is 5.91 Å². The van der Waals surface area contributed by atoms with Crippen LogP contribution >= 0.6 is 0 Å². The Bertz CT molecular complexity index is 1040. The highest BCUT2D eigenvalue weighted by atomic mass is 16.1. The molecule has 1 aromatic heterocycles. The van der Waals surface area contributed by atoms with Crippen LogP contribution in [0.5, 0.6) is 0 Å². The van der Waals surface area contributed by atoms with Crippen molar-refractivity contribution in [3.63, 3.8) is 0 Å². The van der Waals surface area contributed by atoms with Crippen LogP contribution in [0.2, 0.25) is 0 Å². The molecule has 1 N–H and O–H groups in total. The highest BCUT2D eigenvalue weighted by Gasteiger charge is 2.07. The third kappa shape index (κ3) is 3.64. The Hall–Kier alpha value is -3.40. The normalized spacial score (nSPS) is 10.8. The number of nitrogens with zero attached hydrogens (tertiary/aromatic N) is 2. The number of hydrogen-bond acceptors (Lipinski definition) is 2. The SMILES string of the molecule is O=C(CCc1ccc2ccccc2c1)Nc1ccn(-c2ccccc2)n1. The monoisotopic (exact) mass is 341 g/mol. The number of anilines is 1. The van der Waals surface area contributed by atoms with E-state index in [0.717, 1.165) is 11.3 Å². The Kier molecular flexibility index (Phi) is 4.48. The van der Waals surface area contributed by atoms with Gasteiger partial charge >= 0.3 is 0 Å². The van der Waals surface area contributed by atoms with Gasteiger partial charge in [0.15, 0.2) is 5.82 Å². The molecule has 0 saturated heterocycles. The van der Waals surface area contributed by atoms with Crippen molar-refractivity contribution < 1.29 is 4.79 Å². The number of aromatic nitrogens is 2. The molecule has 1 heterocycles. The molecule has 0 atom stereocenters. The van der Waals surface area contributed by atoms with Gasteiger partial charge < -0.3 is 5.32 Å². The topological polar surface area (TPSA) is 46.9 Å². The van der Waals surface area contributed by atoms with Gasteiger partial charge in [-0.05, 0) is 34.9 Å². The zero-order valence-corrected chi connectivity index (χ0v) is 14.3. The maximum Gasteiger partial charge on any atom is 0.225 e. The van der Waals surface area contributed by atoms with Gasteiger partial charge in [0.05, 0.1) is 5.69 Å². The Labute approximate surface area is 152 Å². The van der Waals surface area contributed by atoms with Gasteiger partial charge in [-0.1, -0.05) is 60.7 Å². The van der Waals surface area contributed by atoms with Gasteiger partial charge in [0.2, 0.25) is 5.91 Å². The van der Waals surface area contributed by atoms with Crippen molar-refractivity contribution in [2.24, 2.45) is 0 Å². The predicted octanol–water partition coefficient (Wildman–Crippen LogP) is 4.60. The average Bonchev–Trinajstić information content (AvgIpc) is 3.15. The van der Waals surface area contributed by atoms with Crippen LogP contribution in [0.4, 0.5) is 5.82 Å². The minimum Gasteiger partial charge on any atom is -0.309 e. The fourth-order valence-corrected chi connectivity index (χ4v) is 2.97. The molecule has 0 aliphatic carbocycles. The summed E-state index contributed by atoms with van der Waals surface area (Å²) in [6.07, 6.45) is 2.97. The van der Waals surface area contributed by atoms with Crippen LogP contribution in [0.1, 0.15) is 12.0 Å². The Morgan fingerprint density at radius 3 is 2.50 bits per heavy atom. The van der Waals surface area contributed by atoms with Crippen molar-refractivity contribution in [1.29, 1.82) is 0 Å². The van der Waals surface area contributed by atoms with Gasteiger partial charge in [0.25, 0.3) is 0 Å². The van der Waals surface area contributed by atoms with Crippen LogP contribution in [0, 0.1) is 0 Å². The highest BCUT2D eigenvalue weighted by molar-refractivity contribution is 5.90. The smallest absolute Gasteiger partial charge is 0.225 e. The summed E-state index contributed by atoms with van der Waals surface area (Å²) in [6.45, 7) is 0. The van der Waals surface area contributed by atoms with Crippen LogP contribution in [-0.4, -0.2) is 15.7 Å². The number of amides is 1. The van der Waals surface area contributed by atoms with Gasteiger partial charge in [0.1, 0.15) is 0 Å². The molecule has 0 fully saturated rings. The molecule has 0 spiro atoms. The lowest BCUT2D eigenvalue weighted by molar-refractivity contribution is -0.116. The number of rotatable bonds is 5. The number of fused-ring (bicyclic) bond motifs is 1. The Morgan fingerprint density at radius 1 is 0.885 bits per heavy atom. The van der Waals surface area contributed by atoms with Crippen LogP contribution in [0.25, 0.3) is 16.5 Å². The molecular weight excluding hydrogens is 322 g/mol. The molecule has 128 valence electrons. The lowest BCUT2D eigenvalue weighted by Crippen LogP contribution is -2.13. The maximum atomic E-state index is 12.2. The van der Waals surface area contributed by atoms with E-state index in [4.69, 9.17) is 0 Å². The maximum absolute atomic E-state index is 12.2. The lowest BCUT2D eigenvalue weighted by atomic mass is 10.0. The Morgan fingerprint density at radius 2 is 1.65 bits per heavy atom. The molecular formula is C22H19N3O. The fourth-order valence-electron chi connectivity index (χ4n) is 2.97. The van der Waals surface area contributed by atoms with Crippen molar-refractivity contribution >= 4 is 22.5 Å². The second-order valence-electron chi connectivity index (χ2n) is 6.21. The highest BCUT2D eigenvalue weighted by Crippen LogP contribution is 2.17. The number of para-hydroxylation sites is 1. The molecule has 26 heavy (non-hydrogen) atoms. The summed E-state index contributed by atoms with van der Waals surface area (Å²) < 4.78 is 1.75. The van der Waals surface area contributed by atoms with Crippen LogP contribution < -0.4 is 5.32 Å². The van der Waals surface area contributed by atoms with Crippen molar-refractivity contribution in [3.8, 4) is 5.69 Å². The van der Waals surface area contributed by atoms with Crippen molar-refractivity contribution in [2.45, 2.75) is 12.8 Å². The number of carbonyl (C=O) groups is 1. The number of benzene rings is 3. The zero-order chi connectivity index (χ0) is 17.8. The van der Waals surface area contributed by atoms with E-state index in [1.807, 2.05) is 48.7 Å². The van der Waals surface area contributed by atoms with E-state index in [1.54, 1.807) is 10.7 Å². The molecule has 4 nitrogen and oxygen atoms in total. The quantitative estimate of drug-likeness (QED) is 0.577. The molecule has 0 saturated carbocycles. The summed E-state index contributed by atoms with van der Waals surface area (Å²) in [5.74, 6) is 0.536. The summed E-state index contributed by atoms with van der Waals surface area (Å²) >= 11 is 0. The molecule has 0 aliphatic heterocycles. The molecule has 0 unspecified atom stereocenters. The molecule has 4 heteroatoms. The number of carbonyl (C=O) groups excluding carboxylic acids is 1. The summed E-state index contributed by atoms with van der Waals surface area (Å²) in [5, 5.41) is 9.69. The largest absolute Gasteiger partial charge is 0.309 e. The number of nitrogens with one attached hydrogen (secondary N) is 1. The summed E-state index contributed by atoms with van der Waals surface area (Å²) in [7, 11) is 0. The van der Waals surface area contributed by atoms with Gasteiger partial charge in [-0.25, -0.2) is 4.68 Å². The van der Waals surface area contributed by atoms with Gasteiger partial charge in [-0.15, -0.1) is 0 Å². The second-order valence-corrected chi connectivity index (χ2v) is 6.21. The zero-order valence-electron chi connectivity index (χ0n) is 14.3. The summed E-state index contributed by atoms with van der Waals surface area (Å²) in [6, 6.07) is 26.2. The van der Waals surface area contributed by atoms with E-state index in [0.29, 0.717) is 18.7 Å². The first-order chi connectivity index (χ1) is 12.8. The minimum absolute atomic E-state index is 0.0310. The first-order valence-electron chi connectivity index (χ1n) is 8.66. The molecule has 1 amide bonds. The van der Waals surface area contributed by atoms with Gasteiger partial charge in [-0.3, -0.25) is 4.79 Å². The van der Waals surface area contributed by atoms with E-state index in [1.165, 1.54) is 10.8 Å². The first kappa shape index (κ1) is 16.1. The average molecular weight is 341 g/mol. The third-order valence-corrected chi connectivity index (χ3v) is 4.33. The number of hydrogen-bond donors (Lipinski definition) is 1. The molecule has 3 aromatic carbocycles. The fraction of sp³-hybridized carbons (Fsp3) is 0.0909. The van der Waals surface area contributed by atoms with Crippen molar-refractivity contribution in [3.05, 3.63) is 90.6 Å². The number of aryl methyl sites for hydroxylation is 1. The molecule has 4 rings (SSSR count). The molecule has 0 radical (unpaired) electrons. The van der Waals surface area contributed by atoms with E-state index >= 15 is 0 Å². The molecule has 4 aromatic rings. The molecule has 0 aliphatic rings. The summed E-state index contributed by atoms with van der Waals surface area (Å²) in [4.78, 5) is 12.2.